The van der Waals surface area contributed by atoms with Crippen LogP contribution in [0.2, 0.25) is 0 Å². The quantitative estimate of drug-likeness (QED) is 0.541. The van der Waals surface area contributed by atoms with Gasteiger partial charge in [-0.25, -0.2) is 0 Å². The number of piperidine rings is 3. The summed E-state index contributed by atoms with van der Waals surface area (Å²) >= 11 is 0. The van der Waals surface area contributed by atoms with E-state index in [1.54, 1.807) is 12.4 Å². The second kappa shape index (κ2) is 6.44. The lowest BCUT2D eigenvalue weighted by atomic mass is 9.61. The summed E-state index contributed by atoms with van der Waals surface area (Å²) in [4.78, 5) is 11.8. The fourth-order valence-corrected chi connectivity index (χ4v) is 7.30. The Balaban J connectivity index is 1.37. The van der Waals surface area contributed by atoms with E-state index in [2.05, 4.69) is 50.0 Å². The third-order valence-corrected chi connectivity index (χ3v) is 8.61. The van der Waals surface area contributed by atoms with Crippen molar-refractivity contribution in [2.45, 2.75) is 50.6 Å². The summed E-state index contributed by atoms with van der Waals surface area (Å²) < 4.78 is 0. The molecule has 5 fully saturated rings. The number of piperazine rings is 1. The van der Waals surface area contributed by atoms with Gasteiger partial charge in [0.25, 0.3) is 0 Å². The number of aromatic nitrogens is 2. The van der Waals surface area contributed by atoms with Crippen molar-refractivity contribution in [2.75, 3.05) is 32.7 Å². The highest BCUT2D eigenvalue weighted by atomic mass is 15.4. The molecular formula is C21H33N7. The van der Waals surface area contributed by atoms with Gasteiger partial charge in [-0.3, -0.25) is 20.2 Å². The lowest BCUT2D eigenvalue weighted by Gasteiger charge is -2.62. The predicted molar refractivity (Wildman–Crippen MR) is 108 cm³/mol. The molecular weight excluding hydrogens is 350 g/mol. The maximum absolute atomic E-state index is 4.58. The second-order valence-corrected chi connectivity index (χ2v) is 10.1. The molecule has 28 heavy (non-hydrogen) atoms. The molecule has 5 saturated heterocycles. The number of fused-ring (bicyclic) bond motifs is 5. The van der Waals surface area contributed by atoms with E-state index in [4.69, 9.17) is 0 Å². The third kappa shape index (κ3) is 2.40. The first-order valence-corrected chi connectivity index (χ1v) is 11.1. The lowest BCUT2D eigenvalue weighted by Crippen LogP contribution is -2.77. The Morgan fingerprint density at radius 2 is 1.96 bits per heavy atom. The molecule has 6 rings (SSSR count). The Bertz CT molecular complexity index is 725. The molecule has 0 amide bonds. The minimum Gasteiger partial charge on any atom is -0.316 e. The Labute approximate surface area is 167 Å². The van der Waals surface area contributed by atoms with Crippen molar-refractivity contribution < 1.29 is 0 Å². The molecule has 6 heterocycles. The Morgan fingerprint density at radius 3 is 2.82 bits per heavy atom. The van der Waals surface area contributed by atoms with E-state index in [9.17, 15) is 0 Å². The fraction of sp³-hybridized carbons (Fsp3) is 0.810. The van der Waals surface area contributed by atoms with Gasteiger partial charge in [0, 0.05) is 43.6 Å². The summed E-state index contributed by atoms with van der Waals surface area (Å²) in [7, 11) is 0. The molecule has 152 valence electrons. The van der Waals surface area contributed by atoms with Crippen molar-refractivity contribution in [1.29, 1.82) is 0 Å². The number of nitrogens with zero attached hydrogens (tertiary/aromatic N) is 3. The van der Waals surface area contributed by atoms with Crippen LogP contribution >= 0.6 is 0 Å². The number of hydrogen-bond acceptors (Lipinski definition) is 7. The summed E-state index contributed by atoms with van der Waals surface area (Å²) in [5, 5.41) is 15.5. The molecule has 7 nitrogen and oxygen atoms in total. The molecule has 0 radical (unpaired) electrons. The molecule has 5 aliphatic rings. The minimum atomic E-state index is 0.215. The molecule has 4 N–H and O–H groups in total. The van der Waals surface area contributed by atoms with Gasteiger partial charge in [0.1, 0.15) is 0 Å². The molecule has 1 aromatic heterocycles. The normalized spacial score (nSPS) is 47.1. The molecule has 5 aliphatic heterocycles. The van der Waals surface area contributed by atoms with Gasteiger partial charge in [-0.05, 0) is 49.2 Å². The monoisotopic (exact) mass is 383 g/mol. The number of nitrogens with one attached hydrogen (secondary N) is 4. The van der Waals surface area contributed by atoms with E-state index < -0.39 is 0 Å². The van der Waals surface area contributed by atoms with Gasteiger partial charge in [-0.1, -0.05) is 13.8 Å². The highest BCUT2D eigenvalue weighted by molar-refractivity contribution is 5.20. The zero-order chi connectivity index (χ0) is 18.9. The van der Waals surface area contributed by atoms with Crippen molar-refractivity contribution in [2.24, 2.45) is 23.2 Å². The van der Waals surface area contributed by atoms with Crippen molar-refractivity contribution in [3.63, 3.8) is 0 Å². The van der Waals surface area contributed by atoms with Crippen molar-refractivity contribution in [1.82, 2.24) is 36.1 Å². The summed E-state index contributed by atoms with van der Waals surface area (Å²) in [5.74, 6) is 2.23. The van der Waals surface area contributed by atoms with E-state index in [1.807, 2.05) is 6.20 Å². The number of hydrogen-bond donors (Lipinski definition) is 4. The first-order valence-electron chi connectivity index (χ1n) is 11.1. The summed E-state index contributed by atoms with van der Waals surface area (Å²) in [6, 6.07) is 2.05. The highest BCUT2D eigenvalue weighted by Gasteiger charge is 2.64. The number of rotatable bonds is 1. The molecule has 7 heteroatoms. The molecule has 0 saturated carbocycles. The third-order valence-electron chi connectivity index (χ3n) is 8.61. The van der Waals surface area contributed by atoms with E-state index in [0.717, 1.165) is 37.2 Å². The Hall–Kier alpha value is -1.12. The zero-order valence-electron chi connectivity index (χ0n) is 16.9. The maximum atomic E-state index is 4.58. The molecule has 0 aliphatic carbocycles. The van der Waals surface area contributed by atoms with Gasteiger partial charge < -0.3 is 16.0 Å². The van der Waals surface area contributed by atoms with Gasteiger partial charge in [-0.2, -0.15) is 0 Å². The van der Waals surface area contributed by atoms with Gasteiger partial charge in [0.15, 0.2) is 0 Å². The molecule has 0 aromatic carbocycles. The molecule has 1 aromatic rings. The molecule has 8 atom stereocenters. The second-order valence-electron chi connectivity index (χ2n) is 10.1. The molecule has 0 spiro atoms. The summed E-state index contributed by atoms with van der Waals surface area (Å²) in [6.45, 7) is 10.6. The SMILES string of the molecule is CC1(C)C2CNCC3C4CNCCC4N(C4NCC(c5cnccn5)NC41)C32. The minimum absolute atomic E-state index is 0.215. The maximum Gasteiger partial charge on any atom is 0.0769 e. The van der Waals surface area contributed by atoms with Crippen LogP contribution in [0.5, 0.6) is 0 Å². The van der Waals surface area contributed by atoms with E-state index in [0.29, 0.717) is 30.2 Å². The van der Waals surface area contributed by atoms with Crippen LogP contribution < -0.4 is 21.3 Å². The van der Waals surface area contributed by atoms with E-state index in [-0.39, 0.29) is 11.5 Å². The van der Waals surface area contributed by atoms with Gasteiger partial charge in [0.05, 0.1) is 24.1 Å². The first-order chi connectivity index (χ1) is 13.7. The van der Waals surface area contributed by atoms with E-state index >= 15 is 0 Å². The summed E-state index contributed by atoms with van der Waals surface area (Å²) in [5.41, 5.74) is 1.26. The van der Waals surface area contributed by atoms with Crippen LogP contribution in [0.25, 0.3) is 0 Å². The fourth-order valence-electron chi connectivity index (χ4n) is 7.30. The topological polar surface area (TPSA) is 77.1 Å². The highest BCUT2D eigenvalue weighted by Crippen LogP contribution is 2.54. The summed E-state index contributed by atoms with van der Waals surface area (Å²) in [6.07, 6.45) is 7.17. The van der Waals surface area contributed by atoms with Crippen LogP contribution in [0, 0.1) is 23.2 Å². The van der Waals surface area contributed by atoms with E-state index in [1.165, 1.54) is 19.5 Å². The van der Waals surface area contributed by atoms with Crippen molar-refractivity contribution in [3.8, 4) is 0 Å². The standard InChI is InChI=1S/C21H33N7/c1-21(2)14-9-24-8-13-12-7-22-4-3-17(12)28(18(13)14)20-19(21)27-16(11-26-20)15-10-23-5-6-25-15/h5-6,10,12-14,16-20,22,24,26-27H,3-4,7-9,11H2,1-2H3. The van der Waals surface area contributed by atoms with Gasteiger partial charge in [0.2, 0.25) is 0 Å². The van der Waals surface area contributed by atoms with Crippen LogP contribution in [-0.2, 0) is 0 Å². The van der Waals surface area contributed by atoms with Crippen LogP contribution in [0.3, 0.4) is 0 Å². The van der Waals surface area contributed by atoms with Crippen LogP contribution in [-0.4, -0.2) is 71.9 Å². The Kier molecular flexibility index (Phi) is 4.07. The smallest absolute Gasteiger partial charge is 0.0769 e. The van der Waals surface area contributed by atoms with Gasteiger partial charge in [-0.15, -0.1) is 0 Å². The average molecular weight is 384 g/mol. The predicted octanol–water partition coefficient (Wildman–Crippen LogP) is -0.0571. The largest absolute Gasteiger partial charge is 0.316 e. The van der Waals surface area contributed by atoms with Crippen molar-refractivity contribution >= 4 is 0 Å². The van der Waals surface area contributed by atoms with Crippen LogP contribution in [0.1, 0.15) is 32.0 Å². The lowest BCUT2D eigenvalue weighted by molar-refractivity contribution is -0.107. The molecule has 0 bridgehead atoms. The average Bonchev–Trinajstić information content (AvgIpc) is 3.08. The first kappa shape index (κ1) is 17.7. The Morgan fingerprint density at radius 1 is 1.07 bits per heavy atom. The van der Waals surface area contributed by atoms with Crippen LogP contribution in [0.15, 0.2) is 18.6 Å². The molecule has 8 unspecified atom stereocenters. The van der Waals surface area contributed by atoms with Crippen LogP contribution in [0.4, 0.5) is 0 Å². The van der Waals surface area contributed by atoms with Gasteiger partial charge >= 0.3 is 0 Å². The zero-order valence-corrected chi connectivity index (χ0v) is 16.9. The van der Waals surface area contributed by atoms with Crippen molar-refractivity contribution in [3.05, 3.63) is 24.3 Å².